The van der Waals surface area contributed by atoms with Gasteiger partial charge < -0.3 is 4.98 Å². The predicted octanol–water partition coefficient (Wildman–Crippen LogP) is 0.810. The van der Waals surface area contributed by atoms with Gasteiger partial charge in [0.05, 0.1) is 17.1 Å². The minimum Gasteiger partial charge on any atom is -0.320 e. The molecule has 0 amide bonds. The molecule has 0 aliphatic heterocycles. The first-order chi connectivity index (χ1) is 7.27. The predicted molar refractivity (Wildman–Crippen MR) is 56.6 cm³/mol. The zero-order valence-corrected chi connectivity index (χ0v) is 8.06. The standard InChI is InChI=1S/C10H8N4O/c1-14-9-6(5-12-14)10(15)13-7-3-2-4-11-8(7)9/h2-5H,1H3,(H,13,15). The summed E-state index contributed by atoms with van der Waals surface area (Å²) in [6.45, 7) is 0. The van der Waals surface area contributed by atoms with Crippen molar-refractivity contribution in [1.82, 2.24) is 19.7 Å². The second-order valence-corrected chi connectivity index (χ2v) is 3.38. The van der Waals surface area contributed by atoms with Gasteiger partial charge in [-0.3, -0.25) is 14.5 Å². The van der Waals surface area contributed by atoms with Gasteiger partial charge in [0.2, 0.25) is 0 Å². The van der Waals surface area contributed by atoms with Crippen LogP contribution in [0.5, 0.6) is 0 Å². The average molecular weight is 200 g/mol. The van der Waals surface area contributed by atoms with Crippen molar-refractivity contribution in [2.45, 2.75) is 0 Å². The van der Waals surface area contributed by atoms with E-state index in [0.717, 1.165) is 16.6 Å². The average Bonchev–Trinajstić information content (AvgIpc) is 2.62. The third-order valence-electron chi connectivity index (χ3n) is 2.46. The van der Waals surface area contributed by atoms with Crippen LogP contribution in [0.4, 0.5) is 0 Å². The van der Waals surface area contributed by atoms with Crippen LogP contribution in [0, 0.1) is 0 Å². The van der Waals surface area contributed by atoms with Crippen molar-refractivity contribution in [1.29, 1.82) is 0 Å². The van der Waals surface area contributed by atoms with Crippen LogP contribution in [0.3, 0.4) is 0 Å². The topological polar surface area (TPSA) is 63.6 Å². The Kier molecular flexibility index (Phi) is 1.45. The van der Waals surface area contributed by atoms with Crippen molar-refractivity contribution in [3.8, 4) is 0 Å². The summed E-state index contributed by atoms with van der Waals surface area (Å²) in [7, 11) is 1.80. The molecule has 74 valence electrons. The maximum absolute atomic E-state index is 11.7. The van der Waals surface area contributed by atoms with Crippen LogP contribution >= 0.6 is 0 Å². The van der Waals surface area contributed by atoms with E-state index in [9.17, 15) is 4.79 Å². The van der Waals surface area contributed by atoms with Gasteiger partial charge in [0.1, 0.15) is 11.0 Å². The lowest BCUT2D eigenvalue weighted by Gasteiger charge is -1.99. The first-order valence-corrected chi connectivity index (χ1v) is 4.56. The molecule has 0 aromatic carbocycles. The molecule has 0 aliphatic carbocycles. The Morgan fingerprint density at radius 2 is 2.33 bits per heavy atom. The molecule has 0 fully saturated rings. The molecule has 3 aromatic rings. The van der Waals surface area contributed by atoms with Crippen molar-refractivity contribution >= 4 is 21.9 Å². The third kappa shape index (κ3) is 0.999. The lowest BCUT2D eigenvalue weighted by Crippen LogP contribution is -2.06. The molecule has 0 atom stereocenters. The van der Waals surface area contributed by atoms with E-state index < -0.39 is 0 Å². The molecule has 3 aromatic heterocycles. The fraction of sp³-hybridized carbons (Fsp3) is 0.100. The minimum atomic E-state index is -0.126. The smallest absolute Gasteiger partial charge is 0.259 e. The Labute approximate surface area is 84.4 Å². The Morgan fingerprint density at radius 3 is 3.20 bits per heavy atom. The van der Waals surface area contributed by atoms with E-state index in [1.165, 1.54) is 0 Å². The first kappa shape index (κ1) is 8.16. The quantitative estimate of drug-likeness (QED) is 0.584. The number of H-pyrrole nitrogens is 1. The number of fused-ring (bicyclic) bond motifs is 3. The van der Waals surface area contributed by atoms with Crippen molar-refractivity contribution in [2.75, 3.05) is 0 Å². The van der Waals surface area contributed by atoms with Crippen molar-refractivity contribution in [3.63, 3.8) is 0 Å². The summed E-state index contributed by atoms with van der Waals surface area (Å²) < 4.78 is 1.67. The highest BCUT2D eigenvalue weighted by Gasteiger charge is 2.09. The van der Waals surface area contributed by atoms with Crippen LogP contribution < -0.4 is 5.56 Å². The van der Waals surface area contributed by atoms with E-state index in [2.05, 4.69) is 15.1 Å². The second-order valence-electron chi connectivity index (χ2n) is 3.38. The number of hydrogen-bond acceptors (Lipinski definition) is 3. The van der Waals surface area contributed by atoms with Gasteiger partial charge in [-0.05, 0) is 12.1 Å². The van der Waals surface area contributed by atoms with Crippen LogP contribution in [-0.4, -0.2) is 19.7 Å². The molecule has 1 N–H and O–H groups in total. The maximum Gasteiger partial charge on any atom is 0.259 e. The van der Waals surface area contributed by atoms with Crippen LogP contribution in [-0.2, 0) is 7.05 Å². The molecule has 0 spiro atoms. The van der Waals surface area contributed by atoms with Crippen LogP contribution in [0.2, 0.25) is 0 Å². The summed E-state index contributed by atoms with van der Waals surface area (Å²) >= 11 is 0. The third-order valence-corrected chi connectivity index (χ3v) is 2.46. The number of nitrogens with zero attached hydrogens (tertiary/aromatic N) is 3. The van der Waals surface area contributed by atoms with Gasteiger partial charge >= 0.3 is 0 Å². The highest BCUT2D eigenvalue weighted by atomic mass is 16.1. The summed E-state index contributed by atoms with van der Waals surface area (Å²) in [5.41, 5.74) is 2.15. The number of aromatic nitrogens is 4. The first-order valence-electron chi connectivity index (χ1n) is 4.56. The second kappa shape index (κ2) is 2.66. The minimum absolute atomic E-state index is 0.126. The van der Waals surface area contributed by atoms with Crippen molar-refractivity contribution < 1.29 is 0 Å². The fourth-order valence-corrected chi connectivity index (χ4v) is 1.77. The molecule has 5 nitrogen and oxygen atoms in total. The highest BCUT2D eigenvalue weighted by molar-refractivity contribution is 6.00. The Morgan fingerprint density at radius 1 is 1.47 bits per heavy atom. The summed E-state index contributed by atoms with van der Waals surface area (Å²) in [5.74, 6) is 0. The fourth-order valence-electron chi connectivity index (χ4n) is 1.77. The summed E-state index contributed by atoms with van der Waals surface area (Å²) in [4.78, 5) is 18.7. The Bertz CT molecular complexity index is 710. The molecule has 0 saturated heterocycles. The lowest BCUT2D eigenvalue weighted by molar-refractivity contribution is 0.798. The number of aromatic amines is 1. The summed E-state index contributed by atoms with van der Waals surface area (Å²) in [6.07, 6.45) is 3.26. The van der Waals surface area contributed by atoms with Gasteiger partial charge in [-0.2, -0.15) is 5.10 Å². The monoisotopic (exact) mass is 200 g/mol. The normalized spacial score (nSPS) is 11.3. The van der Waals surface area contributed by atoms with E-state index in [1.807, 2.05) is 6.07 Å². The highest BCUT2D eigenvalue weighted by Crippen LogP contribution is 2.16. The van der Waals surface area contributed by atoms with Gasteiger partial charge in [0.25, 0.3) is 5.56 Å². The van der Waals surface area contributed by atoms with Gasteiger partial charge in [-0.25, -0.2) is 0 Å². The number of rotatable bonds is 0. The Balaban J connectivity index is 2.74. The molecule has 0 saturated carbocycles. The molecule has 3 rings (SSSR count). The summed E-state index contributed by atoms with van der Waals surface area (Å²) in [5, 5.41) is 4.64. The van der Waals surface area contributed by atoms with Crippen molar-refractivity contribution in [3.05, 3.63) is 34.9 Å². The zero-order chi connectivity index (χ0) is 10.4. The summed E-state index contributed by atoms with van der Waals surface area (Å²) in [6, 6.07) is 3.62. The van der Waals surface area contributed by atoms with E-state index in [1.54, 1.807) is 30.2 Å². The largest absolute Gasteiger partial charge is 0.320 e. The number of nitrogens with one attached hydrogen (secondary N) is 1. The van der Waals surface area contributed by atoms with Gasteiger partial charge in [-0.15, -0.1) is 0 Å². The van der Waals surface area contributed by atoms with E-state index >= 15 is 0 Å². The Hall–Kier alpha value is -2.17. The molecule has 5 heteroatoms. The SMILES string of the molecule is Cn1ncc2c(=O)[nH]c3cccnc3c21. The lowest BCUT2D eigenvalue weighted by atomic mass is 10.2. The van der Waals surface area contributed by atoms with E-state index in [-0.39, 0.29) is 5.56 Å². The molecule has 3 heterocycles. The van der Waals surface area contributed by atoms with Crippen LogP contribution in [0.15, 0.2) is 29.3 Å². The van der Waals surface area contributed by atoms with Crippen LogP contribution in [0.25, 0.3) is 21.9 Å². The van der Waals surface area contributed by atoms with Gasteiger partial charge in [0, 0.05) is 13.2 Å². The molecule has 0 bridgehead atoms. The van der Waals surface area contributed by atoms with Crippen molar-refractivity contribution in [2.24, 2.45) is 7.05 Å². The van der Waals surface area contributed by atoms with Crippen LogP contribution in [0.1, 0.15) is 0 Å². The maximum atomic E-state index is 11.7. The molecule has 0 radical (unpaired) electrons. The van der Waals surface area contributed by atoms with E-state index in [4.69, 9.17) is 0 Å². The molecular weight excluding hydrogens is 192 g/mol. The number of hydrogen-bond donors (Lipinski definition) is 1. The molecule has 0 aliphatic rings. The number of pyridine rings is 2. The van der Waals surface area contributed by atoms with Gasteiger partial charge in [0.15, 0.2) is 0 Å². The zero-order valence-electron chi connectivity index (χ0n) is 8.06. The van der Waals surface area contributed by atoms with E-state index in [0.29, 0.717) is 5.39 Å². The number of aryl methyl sites for hydroxylation is 1. The van der Waals surface area contributed by atoms with Gasteiger partial charge in [-0.1, -0.05) is 0 Å². The molecule has 0 unspecified atom stereocenters. The molecule has 15 heavy (non-hydrogen) atoms. The molecular formula is C10H8N4O.